The average molecular weight is 184 g/mol. The zero-order chi connectivity index (χ0) is 8.36. The van der Waals surface area contributed by atoms with Gasteiger partial charge in [0.25, 0.3) is 5.91 Å². The van der Waals surface area contributed by atoms with Crippen molar-refractivity contribution in [3.05, 3.63) is 0 Å². The van der Waals surface area contributed by atoms with Gasteiger partial charge in [0, 0.05) is 0 Å². The maximum Gasteiger partial charge on any atom is 0.252 e. The lowest BCUT2D eigenvalue weighted by molar-refractivity contribution is -0.872. The molecule has 68 valence electrons. The smallest absolute Gasteiger partial charge is 0.252 e. The molecular weight excluding hydrogens is 168 g/mol. The Morgan fingerprint density at radius 2 is 1.91 bits per heavy atom. The maximum atomic E-state index is 10.3. The number of nitrogens with two attached hydrogens (primary N) is 1. The van der Waals surface area contributed by atoms with Gasteiger partial charge in [-0.15, -0.1) is 12.4 Å². The minimum absolute atomic E-state index is 0. The van der Waals surface area contributed by atoms with Crippen LogP contribution in [0.2, 0.25) is 0 Å². The largest absolute Gasteiger partial charge is 0.378 e. The van der Waals surface area contributed by atoms with E-state index in [4.69, 9.17) is 10.8 Å². The Morgan fingerprint density at radius 1 is 1.55 bits per heavy atom. The third-order valence-corrected chi connectivity index (χ3v) is 1.05. The van der Waals surface area contributed by atoms with Gasteiger partial charge >= 0.3 is 0 Å². The van der Waals surface area contributed by atoms with E-state index in [1.165, 1.54) is 0 Å². The molecule has 3 N–H and O–H groups in total. The van der Waals surface area contributed by atoms with Gasteiger partial charge in [0.15, 0.2) is 6.10 Å². The van der Waals surface area contributed by atoms with Crippen LogP contribution in [-0.4, -0.2) is 49.3 Å². The molecule has 0 aromatic heterocycles. The normalized spacial score (nSPS) is 13.5. The van der Waals surface area contributed by atoms with E-state index in [1.807, 2.05) is 21.1 Å². The van der Waals surface area contributed by atoms with E-state index in [-0.39, 0.29) is 12.4 Å². The number of nitrogens with zero attached hydrogens (tertiary/aromatic N) is 1. The first-order chi connectivity index (χ1) is 4.33. The number of carbonyl (C=O) groups excluding carboxylic acids is 1. The Bertz CT molecular complexity index is 133. The molecule has 1 unspecified atom stereocenters. The Balaban J connectivity index is 0. The molecule has 0 radical (unpaired) electrons. The van der Waals surface area contributed by atoms with E-state index >= 15 is 0 Å². The van der Waals surface area contributed by atoms with Crippen LogP contribution in [0.15, 0.2) is 0 Å². The summed E-state index contributed by atoms with van der Waals surface area (Å²) in [4.78, 5) is 10.3. The lowest BCUT2D eigenvalue weighted by atomic mass is 10.3. The molecule has 0 aliphatic heterocycles. The van der Waals surface area contributed by atoms with Gasteiger partial charge in [-0.1, -0.05) is 0 Å². The summed E-state index contributed by atoms with van der Waals surface area (Å²) in [5.41, 5.74) is 4.84. The predicted octanol–water partition coefficient (Wildman–Crippen LogP) is -1.04. The summed E-state index contributed by atoms with van der Waals surface area (Å²) < 4.78 is 0.532. The molecule has 0 aliphatic rings. The molecule has 0 heterocycles. The Morgan fingerprint density at radius 3 is 2.00 bits per heavy atom. The van der Waals surface area contributed by atoms with Crippen LogP contribution in [0.5, 0.6) is 0 Å². The summed E-state index contributed by atoms with van der Waals surface area (Å²) >= 11 is 0. The van der Waals surface area contributed by atoms with Gasteiger partial charge in [-0.3, -0.25) is 4.79 Å². The third-order valence-electron chi connectivity index (χ3n) is 1.05. The number of hydrogen-bond donors (Lipinski definition) is 2. The molecule has 1 atom stereocenters. The van der Waals surface area contributed by atoms with E-state index in [0.717, 1.165) is 0 Å². The van der Waals surface area contributed by atoms with Crippen molar-refractivity contribution in [2.75, 3.05) is 27.7 Å². The Labute approximate surface area is 73.0 Å². The van der Waals surface area contributed by atoms with Gasteiger partial charge in [-0.2, -0.15) is 0 Å². The van der Waals surface area contributed by atoms with Crippen molar-refractivity contribution in [3.63, 3.8) is 0 Å². The van der Waals surface area contributed by atoms with Crippen LogP contribution in [-0.2, 0) is 4.79 Å². The van der Waals surface area contributed by atoms with Crippen LogP contribution in [0.4, 0.5) is 0 Å². The number of rotatable bonds is 3. The van der Waals surface area contributed by atoms with Crippen LogP contribution >= 0.6 is 12.4 Å². The van der Waals surface area contributed by atoms with Crippen LogP contribution < -0.4 is 5.73 Å². The fourth-order valence-corrected chi connectivity index (χ4v) is 0.609. The van der Waals surface area contributed by atoms with Gasteiger partial charge < -0.3 is 15.3 Å². The van der Waals surface area contributed by atoms with Crippen LogP contribution in [0.3, 0.4) is 0 Å². The maximum absolute atomic E-state index is 10.3. The van der Waals surface area contributed by atoms with E-state index in [1.54, 1.807) is 0 Å². The van der Waals surface area contributed by atoms with Gasteiger partial charge in [-0.05, 0) is 0 Å². The molecule has 0 aromatic carbocycles. The van der Waals surface area contributed by atoms with Crippen LogP contribution in [0.1, 0.15) is 0 Å². The number of carbonyl (C=O) groups is 1. The van der Waals surface area contributed by atoms with E-state index in [2.05, 4.69) is 0 Å². The highest BCUT2D eigenvalue weighted by molar-refractivity contribution is 5.85. The molecule has 0 fully saturated rings. The highest BCUT2D eigenvalue weighted by Crippen LogP contribution is 1.93. The topological polar surface area (TPSA) is 63.3 Å². The second-order valence-corrected chi connectivity index (χ2v) is 3.39. The van der Waals surface area contributed by atoms with Crippen molar-refractivity contribution in [2.24, 2.45) is 5.73 Å². The number of aliphatic hydroxyl groups is 1. The highest BCUT2D eigenvalue weighted by atomic mass is 35.5. The summed E-state index contributed by atoms with van der Waals surface area (Å²) in [6.07, 6.45) is -1.03. The zero-order valence-corrected chi connectivity index (χ0v) is 7.89. The third kappa shape index (κ3) is 7.58. The predicted molar refractivity (Wildman–Crippen MR) is 45.3 cm³/mol. The molecule has 0 bridgehead atoms. The minimum atomic E-state index is -1.03. The van der Waals surface area contributed by atoms with Crippen LogP contribution in [0, 0.1) is 0 Å². The molecule has 4 nitrogen and oxygen atoms in total. The van der Waals surface area contributed by atoms with Crippen molar-refractivity contribution in [3.8, 4) is 0 Å². The van der Waals surface area contributed by atoms with Crippen LogP contribution in [0.25, 0.3) is 0 Å². The molecule has 0 rings (SSSR count). The minimum Gasteiger partial charge on any atom is -0.378 e. The second kappa shape index (κ2) is 4.54. The summed E-state index contributed by atoms with van der Waals surface area (Å²) in [6, 6.07) is 0. The van der Waals surface area contributed by atoms with E-state index < -0.39 is 12.0 Å². The molecule has 0 saturated heterocycles. The first-order valence-electron chi connectivity index (χ1n) is 3.11. The van der Waals surface area contributed by atoms with Crippen molar-refractivity contribution in [1.29, 1.82) is 0 Å². The van der Waals surface area contributed by atoms with Gasteiger partial charge in [0.2, 0.25) is 0 Å². The van der Waals surface area contributed by atoms with Gasteiger partial charge in [-0.25, -0.2) is 0 Å². The number of likely N-dealkylation sites (N-methyl/N-ethyl adjacent to an activating group) is 1. The van der Waals surface area contributed by atoms with Crippen molar-refractivity contribution in [1.82, 2.24) is 0 Å². The number of halogens is 1. The Kier molecular flexibility index (Phi) is 5.48. The molecule has 11 heavy (non-hydrogen) atoms. The van der Waals surface area contributed by atoms with Crippen molar-refractivity contribution >= 4 is 18.3 Å². The lowest BCUT2D eigenvalue weighted by Gasteiger charge is -2.25. The van der Waals surface area contributed by atoms with E-state index in [9.17, 15) is 4.79 Å². The van der Waals surface area contributed by atoms with Crippen molar-refractivity contribution < 1.29 is 14.4 Å². The fourth-order valence-electron chi connectivity index (χ4n) is 0.609. The molecule has 0 spiro atoms. The molecule has 0 saturated carbocycles. The van der Waals surface area contributed by atoms with Gasteiger partial charge in [0.05, 0.1) is 21.1 Å². The standard InChI is InChI=1S/C6H14N2O2.ClH/c1-8(2,3)4-5(9)6(7)10;/h5,9H,4H2,1-3H3,(H-,7,10);1H/p+1. The average Bonchev–Trinajstić information content (AvgIpc) is 1.60. The molecule has 1 amide bonds. The van der Waals surface area contributed by atoms with Crippen molar-refractivity contribution in [2.45, 2.75) is 6.10 Å². The number of amides is 1. The number of hydrogen-bond acceptors (Lipinski definition) is 2. The molecule has 0 aromatic rings. The summed E-state index contributed by atoms with van der Waals surface area (Å²) in [7, 11) is 5.64. The first kappa shape index (κ1) is 13.3. The number of primary amides is 1. The zero-order valence-electron chi connectivity index (χ0n) is 7.07. The second-order valence-electron chi connectivity index (χ2n) is 3.39. The SMILES string of the molecule is C[N+](C)(C)CC(O)C(N)=O.Cl. The highest BCUT2D eigenvalue weighted by Gasteiger charge is 2.19. The fraction of sp³-hybridized carbons (Fsp3) is 0.833. The molecule has 0 aliphatic carbocycles. The molecular formula is C6H16ClN2O2+. The number of aliphatic hydroxyl groups excluding tert-OH is 1. The summed E-state index contributed by atoms with van der Waals surface area (Å²) in [5.74, 6) is -0.659. The molecule has 5 heteroatoms. The van der Waals surface area contributed by atoms with E-state index in [0.29, 0.717) is 11.0 Å². The summed E-state index contributed by atoms with van der Waals surface area (Å²) in [6.45, 7) is 0.356. The number of quaternary nitrogens is 1. The summed E-state index contributed by atoms with van der Waals surface area (Å²) in [5, 5.41) is 8.97. The quantitative estimate of drug-likeness (QED) is 0.550. The lowest BCUT2D eigenvalue weighted by Crippen LogP contribution is -2.46. The van der Waals surface area contributed by atoms with Gasteiger partial charge in [0.1, 0.15) is 6.54 Å². The monoisotopic (exact) mass is 183 g/mol. The Hall–Kier alpha value is -0.320. The first-order valence-corrected chi connectivity index (χ1v) is 3.11.